The average Bonchev–Trinajstić information content (AvgIpc) is 3.39. The largest absolute Gasteiger partial charge is 0.493 e. The van der Waals surface area contributed by atoms with Crippen LogP contribution in [0.15, 0.2) is 64.2 Å². The van der Waals surface area contributed by atoms with Crippen LogP contribution in [0.4, 0.5) is 0 Å². The lowest BCUT2D eigenvalue weighted by Crippen LogP contribution is -2.34. The molecule has 0 saturated heterocycles. The highest BCUT2D eigenvalue weighted by molar-refractivity contribution is 9.10. The van der Waals surface area contributed by atoms with E-state index in [1.807, 2.05) is 12.1 Å². The molecule has 10 nitrogen and oxygen atoms in total. The Kier molecular flexibility index (Phi) is 8.22. The molecule has 2 N–H and O–H groups in total. The van der Waals surface area contributed by atoms with E-state index in [0.717, 1.165) is 5.56 Å². The Morgan fingerprint density at radius 2 is 1.97 bits per heavy atom. The molecule has 0 aliphatic carbocycles. The van der Waals surface area contributed by atoms with Crippen LogP contribution in [0.3, 0.4) is 0 Å². The number of carbonyl (C=O) groups is 2. The molecule has 11 heteroatoms. The molecule has 37 heavy (non-hydrogen) atoms. The number of nitriles is 1. The van der Waals surface area contributed by atoms with Crippen LogP contribution in [0.1, 0.15) is 27.0 Å². The minimum atomic E-state index is -0.507. The molecule has 0 aromatic heterocycles. The van der Waals surface area contributed by atoms with Crippen LogP contribution >= 0.6 is 15.9 Å². The Labute approximate surface area is 220 Å². The van der Waals surface area contributed by atoms with Crippen molar-refractivity contribution < 1.29 is 28.5 Å². The predicted molar refractivity (Wildman–Crippen MR) is 137 cm³/mol. The molecule has 3 aromatic rings. The molecule has 0 saturated carbocycles. The van der Waals surface area contributed by atoms with E-state index in [0.29, 0.717) is 44.2 Å². The van der Waals surface area contributed by atoms with Crippen LogP contribution in [-0.4, -0.2) is 38.5 Å². The van der Waals surface area contributed by atoms with Crippen molar-refractivity contribution in [2.45, 2.75) is 6.61 Å². The van der Waals surface area contributed by atoms with Crippen LogP contribution in [0.5, 0.6) is 23.0 Å². The molecule has 1 heterocycles. The second-order valence-corrected chi connectivity index (χ2v) is 8.49. The number of ether oxygens (including phenoxy) is 4. The fourth-order valence-electron chi connectivity index (χ4n) is 3.38. The van der Waals surface area contributed by atoms with Crippen molar-refractivity contribution >= 4 is 34.0 Å². The highest BCUT2D eigenvalue weighted by Crippen LogP contribution is 2.37. The first-order chi connectivity index (χ1) is 18.0. The van der Waals surface area contributed by atoms with Crippen molar-refractivity contribution in [3.8, 4) is 29.1 Å². The number of benzene rings is 3. The summed E-state index contributed by atoms with van der Waals surface area (Å²) in [6, 6.07) is 17.5. The molecule has 1 aliphatic heterocycles. The maximum Gasteiger partial charge on any atom is 0.259 e. The molecule has 3 aromatic carbocycles. The Bertz CT molecular complexity index is 1400. The average molecular weight is 565 g/mol. The second kappa shape index (κ2) is 11.9. The van der Waals surface area contributed by atoms with E-state index in [1.165, 1.54) is 13.3 Å². The van der Waals surface area contributed by atoms with E-state index >= 15 is 0 Å². The summed E-state index contributed by atoms with van der Waals surface area (Å²) in [5.41, 5.74) is 4.61. The van der Waals surface area contributed by atoms with Gasteiger partial charge in [0.15, 0.2) is 23.0 Å². The quantitative estimate of drug-likeness (QED) is 0.300. The minimum Gasteiger partial charge on any atom is -0.493 e. The first kappa shape index (κ1) is 25.5. The van der Waals surface area contributed by atoms with Gasteiger partial charge in [-0.1, -0.05) is 18.2 Å². The Balaban J connectivity index is 1.32. The van der Waals surface area contributed by atoms with Gasteiger partial charge in [-0.15, -0.1) is 0 Å². The number of nitrogens with zero attached hydrogens (tertiary/aromatic N) is 2. The number of hydrogen-bond donors (Lipinski definition) is 2. The monoisotopic (exact) mass is 564 g/mol. The topological polar surface area (TPSA) is 131 Å². The van der Waals surface area contributed by atoms with E-state index in [2.05, 4.69) is 37.8 Å². The SMILES string of the molecule is COc1cc(/C=N/NC(=O)CNC(=O)c2ccc3c(c2)OCO3)cc(Br)c1OCc1ccccc1C#N. The van der Waals surface area contributed by atoms with E-state index in [4.69, 9.17) is 18.9 Å². The Morgan fingerprint density at radius 3 is 2.78 bits per heavy atom. The molecule has 188 valence electrons. The number of amides is 2. The van der Waals surface area contributed by atoms with Gasteiger partial charge >= 0.3 is 0 Å². The van der Waals surface area contributed by atoms with Gasteiger partial charge in [0.05, 0.1) is 36.0 Å². The summed E-state index contributed by atoms with van der Waals surface area (Å²) in [5.74, 6) is 1.00. The summed E-state index contributed by atoms with van der Waals surface area (Å²) in [5, 5.41) is 15.7. The third kappa shape index (κ3) is 6.36. The maximum absolute atomic E-state index is 12.3. The molecule has 0 fully saturated rings. The third-order valence-electron chi connectivity index (χ3n) is 5.21. The second-order valence-electron chi connectivity index (χ2n) is 7.64. The van der Waals surface area contributed by atoms with Crippen LogP contribution in [0.25, 0.3) is 0 Å². The highest BCUT2D eigenvalue weighted by Gasteiger charge is 2.17. The number of hydrogen-bond acceptors (Lipinski definition) is 8. The summed E-state index contributed by atoms with van der Waals surface area (Å²) in [6.07, 6.45) is 1.43. The molecule has 2 amide bonds. The molecule has 0 unspecified atom stereocenters. The van der Waals surface area contributed by atoms with Gasteiger partial charge in [-0.2, -0.15) is 10.4 Å². The zero-order chi connectivity index (χ0) is 26.2. The minimum absolute atomic E-state index is 0.107. The van der Waals surface area contributed by atoms with Gasteiger partial charge in [0.2, 0.25) is 6.79 Å². The van der Waals surface area contributed by atoms with Gasteiger partial charge in [0.1, 0.15) is 6.61 Å². The van der Waals surface area contributed by atoms with E-state index in [-0.39, 0.29) is 19.9 Å². The van der Waals surface area contributed by atoms with Gasteiger partial charge < -0.3 is 24.3 Å². The van der Waals surface area contributed by atoms with Gasteiger partial charge in [0.25, 0.3) is 11.8 Å². The molecule has 0 radical (unpaired) electrons. The first-order valence-corrected chi connectivity index (χ1v) is 11.8. The lowest BCUT2D eigenvalue weighted by atomic mass is 10.1. The van der Waals surface area contributed by atoms with Crippen molar-refractivity contribution in [1.29, 1.82) is 5.26 Å². The fourth-order valence-corrected chi connectivity index (χ4v) is 3.95. The lowest BCUT2D eigenvalue weighted by Gasteiger charge is -2.14. The normalized spacial score (nSPS) is 11.6. The lowest BCUT2D eigenvalue weighted by molar-refractivity contribution is -0.120. The zero-order valence-electron chi connectivity index (χ0n) is 19.6. The van der Waals surface area contributed by atoms with E-state index in [9.17, 15) is 14.9 Å². The number of fused-ring (bicyclic) bond motifs is 1. The van der Waals surface area contributed by atoms with E-state index in [1.54, 1.807) is 42.5 Å². The summed E-state index contributed by atoms with van der Waals surface area (Å²) in [6.45, 7) is 0.0185. The number of carbonyl (C=O) groups excluding carboxylic acids is 2. The number of nitrogens with one attached hydrogen (secondary N) is 2. The van der Waals surface area contributed by atoms with Crippen molar-refractivity contribution in [2.24, 2.45) is 5.10 Å². The number of methoxy groups -OCH3 is 1. The Morgan fingerprint density at radius 1 is 1.16 bits per heavy atom. The van der Waals surface area contributed by atoms with Crippen LogP contribution in [0.2, 0.25) is 0 Å². The zero-order valence-corrected chi connectivity index (χ0v) is 21.2. The van der Waals surface area contributed by atoms with Gasteiger partial charge in [-0.3, -0.25) is 9.59 Å². The number of rotatable bonds is 9. The fraction of sp³-hybridized carbons (Fsp3) is 0.154. The summed E-state index contributed by atoms with van der Waals surface area (Å²) in [7, 11) is 1.50. The summed E-state index contributed by atoms with van der Waals surface area (Å²) in [4.78, 5) is 24.4. The molecular formula is C26H21BrN4O6. The molecular weight excluding hydrogens is 544 g/mol. The van der Waals surface area contributed by atoms with Crippen molar-refractivity contribution in [2.75, 3.05) is 20.4 Å². The number of halogens is 1. The van der Waals surface area contributed by atoms with Crippen molar-refractivity contribution in [3.63, 3.8) is 0 Å². The highest BCUT2D eigenvalue weighted by atomic mass is 79.9. The van der Waals surface area contributed by atoms with Gasteiger partial charge in [-0.25, -0.2) is 5.43 Å². The van der Waals surface area contributed by atoms with E-state index < -0.39 is 11.8 Å². The number of hydrazone groups is 1. The first-order valence-electron chi connectivity index (χ1n) is 11.0. The molecule has 0 atom stereocenters. The molecule has 4 rings (SSSR count). The summed E-state index contributed by atoms with van der Waals surface area (Å²) >= 11 is 3.47. The Hall–Kier alpha value is -4.56. The maximum atomic E-state index is 12.3. The van der Waals surface area contributed by atoms with Crippen LogP contribution in [-0.2, 0) is 11.4 Å². The summed E-state index contributed by atoms with van der Waals surface area (Å²) < 4.78 is 22.4. The van der Waals surface area contributed by atoms with Crippen molar-refractivity contribution in [3.05, 3.63) is 81.3 Å². The molecule has 0 spiro atoms. The van der Waals surface area contributed by atoms with Crippen molar-refractivity contribution in [1.82, 2.24) is 10.7 Å². The standard InChI is InChI=1S/C26H21BrN4O6/c1-34-23-9-16(8-20(27)25(23)35-14-19-5-3-2-4-18(19)11-28)12-30-31-24(32)13-29-26(33)17-6-7-21-22(10-17)37-15-36-21/h2-10,12H,13-15H2,1H3,(H,29,33)(H,31,32)/b30-12+. The smallest absolute Gasteiger partial charge is 0.259 e. The van der Waals surface area contributed by atoms with Gasteiger partial charge in [-0.05, 0) is 57.9 Å². The third-order valence-corrected chi connectivity index (χ3v) is 5.80. The van der Waals surface area contributed by atoms with Crippen LogP contribution in [0, 0.1) is 11.3 Å². The predicted octanol–water partition coefficient (Wildman–Crippen LogP) is 3.52. The molecule has 0 bridgehead atoms. The van der Waals surface area contributed by atoms with Gasteiger partial charge in [0, 0.05) is 11.1 Å². The molecule has 1 aliphatic rings. The van der Waals surface area contributed by atoms with Crippen LogP contribution < -0.4 is 29.7 Å².